The molecule has 0 spiro atoms. The number of aryl methyl sites for hydroxylation is 2. The minimum absolute atomic E-state index is 0.586. The molecule has 2 nitrogen and oxygen atoms in total. The molecule has 2 heteroatoms. The fourth-order valence-electron chi connectivity index (χ4n) is 1.72. The summed E-state index contributed by atoms with van der Waals surface area (Å²) < 4.78 is 2.08. The molecule has 0 saturated heterocycles. The first-order chi connectivity index (χ1) is 7.20. The highest BCUT2D eigenvalue weighted by atomic mass is 14.9. The van der Waals surface area contributed by atoms with E-state index in [0.29, 0.717) is 6.54 Å². The van der Waals surface area contributed by atoms with Crippen LogP contribution in [0.25, 0.3) is 11.1 Å². The molecule has 0 aliphatic heterocycles. The Morgan fingerprint density at radius 3 is 2.33 bits per heavy atom. The third kappa shape index (κ3) is 1.95. The van der Waals surface area contributed by atoms with Gasteiger partial charge in [-0.15, -0.1) is 0 Å². The number of nitrogens with zero attached hydrogens (tertiary/aromatic N) is 1. The molecule has 0 aliphatic rings. The van der Waals surface area contributed by atoms with E-state index in [1.165, 1.54) is 16.7 Å². The van der Waals surface area contributed by atoms with E-state index in [1.807, 2.05) is 7.05 Å². The molecular weight excluding hydrogens is 184 g/mol. The van der Waals surface area contributed by atoms with E-state index in [4.69, 9.17) is 5.73 Å². The van der Waals surface area contributed by atoms with E-state index in [0.717, 1.165) is 5.69 Å². The Hall–Kier alpha value is -1.54. The van der Waals surface area contributed by atoms with Gasteiger partial charge in [0.2, 0.25) is 0 Å². The van der Waals surface area contributed by atoms with Gasteiger partial charge in [0.05, 0.1) is 0 Å². The molecular formula is C13H16N2. The average molecular weight is 200 g/mol. The minimum Gasteiger partial charge on any atom is -0.353 e. The Kier molecular flexibility index (Phi) is 2.60. The van der Waals surface area contributed by atoms with Gasteiger partial charge < -0.3 is 10.3 Å². The predicted octanol–water partition coefficient (Wildman–Crippen LogP) is 2.46. The van der Waals surface area contributed by atoms with E-state index in [9.17, 15) is 0 Å². The number of aromatic nitrogens is 1. The van der Waals surface area contributed by atoms with Crippen molar-refractivity contribution in [3.05, 3.63) is 47.8 Å². The van der Waals surface area contributed by atoms with E-state index in [2.05, 4.69) is 48.0 Å². The molecule has 1 heterocycles. The fraction of sp³-hybridized carbons (Fsp3) is 0.231. The third-order valence-electron chi connectivity index (χ3n) is 2.70. The predicted molar refractivity (Wildman–Crippen MR) is 63.5 cm³/mol. The molecule has 0 radical (unpaired) electrons. The van der Waals surface area contributed by atoms with Gasteiger partial charge in [0, 0.05) is 25.5 Å². The summed E-state index contributed by atoms with van der Waals surface area (Å²) in [7, 11) is 2.03. The summed E-state index contributed by atoms with van der Waals surface area (Å²) >= 11 is 0. The number of rotatable bonds is 2. The topological polar surface area (TPSA) is 30.9 Å². The maximum Gasteiger partial charge on any atom is 0.0334 e. The lowest BCUT2D eigenvalue weighted by molar-refractivity contribution is 0.824. The summed E-state index contributed by atoms with van der Waals surface area (Å²) in [4.78, 5) is 0. The van der Waals surface area contributed by atoms with Crippen LogP contribution in [-0.4, -0.2) is 4.57 Å². The fourth-order valence-corrected chi connectivity index (χ4v) is 1.72. The van der Waals surface area contributed by atoms with Crippen LogP contribution in [0.15, 0.2) is 36.5 Å². The summed E-state index contributed by atoms with van der Waals surface area (Å²) in [5, 5.41) is 0. The zero-order chi connectivity index (χ0) is 10.8. The second-order valence-electron chi connectivity index (χ2n) is 3.90. The molecule has 0 saturated carbocycles. The van der Waals surface area contributed by atoms with Crippen molar-refractivity contribution >= 4 is 0 Å². The zero-order valence-corrected chi connectivity index (χ0v) is 9.20. The maximum atomic E-state index is 5.65. The summed E-state index contributed by atoms with van der Waals surface area (Å²) in [6.45, 7) is 2.68. The lowest BCUT2D eigenvalue weighted by Gasteiger charge is -1.97. The van der Waals surface area contributed by atoms with Crippen LogP contribution in [0.1, 0.15) is 11.3 Å². The summed E-state index contributed by atoms with van der Waals surface area (Å²) in [5.41, 5.74) is 10.6. The largest absolute Gasteiger partial charge is 0.353 e. The third-order valence-corrected chi connectivity index (χ3v) is 2.70. The van der Waals surface area contributed by atoms with Gasteiger partial charge in [-0.1, -0.05) is 29.8 Å². The average Bonchev–Trinajstić information content (AvgIpc) is 2.61. The number of benzene rings is 1. The van der Waals surface area contributed by atoms with Crippen molar-refractivity contribution in [3.8, 4) is 11.1 Å². The molecule has 0 bridgehead atoms. The summed E-state index contributed by atoms with van der Waals surface area (Å²) in [6, 6.07) is 10.7. The highest BCUT2D eigenvalue weighted by molar-refractivity contribution is 5.64. The van der Waals surface area contributed by atoms with Crippen molar-refractivity contribution in [2.45, 2.75) is 13.5 Å². The molecule has 78 valence electrons. The van der Waals surface area contributed by atoms with Crippen LogP contribution < -0.4 is 5.73 Å². The monoisotopic (exact) mass is 200 g/mol. The normalized spacial score (nSPS) is 10.6. The Labute approximate surface area is 90.3 Å². The second-order valence-corrected chi connectivity index (χ2v) is 3.90. The van der Waals surface area contributed by atoms with Gasteiger partial charge in [-0.25, -0.2) is 0 Å². The van der Waals surface area contributed by atoms with Crippen molar-refractivity contribution in [1.82, 2.24) is 4.57 Å². The van der Waals surface area contributed by atoms with Gasteiger partial charge in [-0.05, 0) is 24.1 Å². The van der Waals surface area contributed by atoms with Crippen molar-refractivity contribution in [1.29, 1.82) is 0 Å². The quantitative estimate of drug-likeness (QED) is 0.793. The maximum absolute atomic E-state index is 5.65. The van der Waals surface area contributed by atoms with E-state index in [-0.39, 0.29) is 0 Å². The smallest absolute Gasteiger partial charge is 0.0334 e. The molecule has 0 unspecified atom stereocenters. The Balaban J connectivity index is 2.41. The van der Waals surface area contributed by atoms with Gasteiger partial charge in [0.15, 0.2) is 0 Å². The van der Waals surface area contributed by atoms with Gasteiger partial charge in [-0.2, -0.15) is 0 Å². The van der Waals surface area contributed by atoms with E-state index < -0.39 is 0 Å². The highest BCUT2D eigenvalue weighted by Gasteiger charge is 2.03. The van der Waals surface area contributed by atoms with Gasteiger partial charge in [0.1, 0.15) is 0 Å². The molecule has 0 atom stereocenters. The van der Waals surface area contributed by atoms with Crippen molar-refractivity contribution in [2.75, 3.05) is 0 Å². The standard InChI is InChI=1S/C13H16N2/c1-10-3-5-11(6-4-10)12-7-13(8-14)15(2)9-12/h3-7,9H,8,14H2,1-2H3. The Bertz CT molecular complexity index is 452. The lowest BCUT2D eigenvalue weighted by Crippen LogP contribution is -2.01. The SMILES string of the molecule is Cc1ccc(-c2cc(CN)n(C)c2)cc1. The molecule has 15 heavy (non-hydrogen) atoms. The van der Waals surface area contributed by atoms with E-state index in [1.54, 1.807) is 0 Å². The Morgan fingerprint density at radius 1 is 1.13 bits per heavy atom. The molecule has 0 aliphatic carbocycles. The summed E-state index contributed by atoms with van der Waals surface area (Å²) in [5.74, 6) is 0. The van der Waals surface area contributed by atoms with Gasteiger partial charge in [0.25, 0.3) is 0 Å². The highest BCUT2D eigenvalue weighted by Crippen LogP contribution is 2.21. The van der Waals surface area contributed by atoms with Crippen molar-refractivity contribution < 1.29 is 0 Å². The first-order valence-electron chi connectivity index (χ1n) is 5.13. The first kappa shape index (κ1) is 9.99. The van der Waals surface area contributed by atoms with Crippen LogP contribution in [0.5, 0.6) is 0 Å². The van der Waals surface area contributed by atoms with Crippen LogP contribution in [-0.2, 0) is 13.6 Å². The lowest BCUT2D eigenvalue weighted by atomic mass is 10.1. The molecule has 2 aromatic rings. The number of hydrogen-bond acceptors (Lipinski definition) is 1. The van der Waals surface area contributed by atoms with Crippen LogP contribution in [0.3, 0.4) is 0 Å². The van der Waals surface area contributed by atoms with Crippen molar-refractivity contribution in [2.24, 2.45) is 12.8 Å². The van der Waals surface area contributed by atoms with Crippen LogP contribution in [0.2, 0.25) is 0 Å². The van der Waals surface area contributed by atoms with Crippen LogP contribution in [0, 0.1) is 6.92 Å². The van der Waals surface area contributed by atoms with Gasteiger partial charge >= 0.3 is 0 Å². The molecule has 1 aromatic heterocycles. The molecule has 2 N–H and O–H groups in total. The van der Waals surface area contributed by atoms with Gasteiger partial charge in [-0.3, -0.25) is 0 Å². The van der Waals surface area contributed by atoms with E-state index >= 15 is 0 Å². The second kappa shape index (κ2) is 3.91. The summed E-state index contributed by atoms with van der Waals surface area (Å²) in [6.07, 6.45) is 2.12. The van der Waals surface area contributed by atoms with Crippen LogP contribution >= 0.6 is 0 Å². The minimum atomic E-state index is 0.586. The Morgan fingerprint density at radius 2 is 1.80 bits per heavy atom. The molecule has 0 fully saturated rings. The number of nitrogens with two attached hydrogens (primary N) is 1. The molecule has 0 amide bonds. The number of hydrogen-bond donors (Lipinski definition) is 1. The van der Waals surface area contributed by atoms with Crippen LogP contribution in [0.4, 0.5) is 0 Å². The molecule has 1 aromatic carbocycles. The van der Waals surface area contributed by atoms with Crippen molar-refractivity contribution in [3.63, 3.8) is 0 Å². The molecule has 2 rings (SSSR count). The zero-order valence-electron chi connectivity index (χ0n) is 9.20. The first-order valence-corrected chi connectivity index (χ1v) is 5.13.